The largest absolute Gasteiger partial charge is 0.510 e. The first-order valence-electron chi connectivity index (χ1n) is 14.7. The second-order valence-electron chi connectivity index (χ2n) is 11.8. The van der Waals surface area contributed by atoms with Gasteiger partial charge in [-0.2, -0.15) is 12.6 Å². The number of thiol groups is 1. The van der Waals surface area contributed by atoms with Crippen molar-refractivity contribution in [2.45, 2.75) is 37.1 Å². The molecule has 5 N–H and O–H groups in total. The molecule has 238 valence electrons. The Labute approximate surface area is 266 Å². The molecule has 3 aliphatic carbocycles. The molecule has 3 aliphatic rings. The SMILES string of the molecule is CCOC(=O)CNCc1ccc(-c2ccc(O)c3c2C[C@H]2C[C@H]4[C@@H](N(C)C)C(O)=C(C(=O)NC)C(=O)[C@@]4(S)C(O)=C2C3=O)cc1. The molecule has 0 spiro atoms. The number of esters is 1. The van der Waals surface area contributed by atoms with Gasteiger partial charge in [-0.15, -0.1) is 0 Å². The lowest BCUT2D eigenvalue weighted by atomic mass is 9.60. The summed E-state index contributed by atoms with van der Waals surface area (Å²) in [6.07, 6.45) is 0.475. The minimum atomic E-state index is -1.95. The highest BCUT2D eigenvalue weighted by molar-refractivity contribution is 7.83. The van der Waals surface area contributed by atoms with Crippen LogP contribution in [0.4, 0.5) is 0 Å². The zero-order valence-electron chi connectivity index (χ0n) is 25.5. The Morgan fingerprint density at radius 1 is 1.09 bits per heavy atom. The van der Waals surface area contributed by atoms with Crippen LogP contribution < -0.4 is 10.6 Å². The van der Waals surface area contributed by atoms with E-state index in [1.165, 1.54) is 13.1 Å². The number of amides is 1. The highest BCUT2D eigenvalue weighted by atomic mass is 32.1. The van der Waals surface area contributed by atoms with E-state index in [1.807, 2.05) is 24.3 Å². The number of Topliss-reactive ketones (excluding diaryl/α,β-unsaturated/α-hetero) is 2. The first-order valence-corrected chi connectivity index (χ1v) is 15.2. The lowest BCUT2D eigenvalue weighted by molar-refractivity contribution is -0.142. The number of likely N-dealkylation sites (N-methyl/N-ethyl adjacent to an activating group) is 2. The molecule has 0 aliphatic heterocycles. The van der Waals surface area contributed by atoms with E-state index in [9.17, 15) is 34.5 Å². The van der Waals surface area contributed by atoms with Crippen molar-refractivity contribution < 1.29 is 39.2 Å². The Hall–Kier alpha value is -4.13. The number of hydrogen-bond acceptors (Lipinski definition) is 11. The van der Waals surface area contributed by atoms with Crippen LogP contribution in [0.3, 0.4) is 0 Å². The third kappa shape index (κ3) is 5.30. The minimum Gasteiger partial charge on any atom is -0.510 e. The number of aliphatic hydroxyl groups excluding tert-OH is 2. The number of rotatable bonds is 8. The lowest BCUT2D eigenvalue weighted by Crippen LogP contribution is -2.61. The Morgan fingerprint density at radius 2 is 1.78 bits per heavy atom. The molecule has 0 radical (unpaired) electrons. The molecule has 0 saturated heterocycles. The molecule has 11 nitrogen and oxygen atoms in total. The van der Waals surface area contributed by atoms with Gasteiger partial charge in [0.2, 0.25) is 0 Å². The smallest absolute Gasteiger partial charge is 0.319 e. The number of benzene rings is 2. The minimum absolute atomic E-state index is 0.0206. The van der Waals surface area contributed by atoms with Crippen LogP contribution in [0.25, 0.3) is 11.1 Å². The Kier molecular flexibility index (Phi) is 8.85. The molecule has 0 saturated carbocycles. The highest BCUT2D eigenvalue weighted by Gasteiger charge is 2.62. The van der Waals surface area contributed by atoms with E-state index < -0.39 is 57.2 Å². The standard InChI is InChI=1S/C33H37N3O8S/c1-5-44-23(38)15-35-14-16-6-8-17(9-7-16)19-10-11-22(37)25-20(19)12-18-13-21-27(36(3)4)29(40)26(32(43)34-2)31(42)33(21,45)30(41)24(18)28(25)39/h6-11,18,21,27,35,37,40-41,45H,5,12-15H2,1-4H3,(H,34,43)/t18-,21-,27+,33-/m0/s1. The first-order chi connectivity index (χ1) is 21.4. The van der Waals surface area contributed by atoms with Gasteiger partial charge in [0.25, 0.3) is 5.91 Å². The number of carbonyl (C=O) groups is 4. The molecule has 2 aromatic rings. The number of carbonyl (C=O) groups excluding carboxylic acids is 4. The average molecular weight is 636 g/mol. The fraction of sp³-hybridized carbons (Fsp3) is 0.394. The van der Waals surface area contributed by atoms with Gasteiger partial charge in [-0.3, -0.25) is 24.1 Å². The summed E-state index contributed by atoms with van der Waals surface area (Å²) < 4.78 is 2.98. The topological polar surface area (TPSA) is 165 Å². The van der Waals surface area contributed by atoms with Crippen molar-refractivity contribution in [3.05, 3.63) is 75.8 Å². The summed E-state index contributed by atoms with van der Waals surface area (Å²) >= 11 is 4.68. The zero-order chi connectivity index (χ0) is 32.8. The number of allylic oxidation sites excluding steroid dienone is 1. The van der Waals surface area contributed by atoms with Gasteiger partial charge in [0, 0.05) is 25.1 Å². The van der Waals surface area contributed by atoms with Gasteiger partial charge < -0.3 is 30.7 Å². The second kappa shape index (κ2) is 12.3. The van der Waals surface area contributed by atoms with Gasteiger partial charge in [0.05, 0.1) is 24.8 Å². The summed E-state index contributed by atoms with van der Waals surface area (Å²) in [6, 6.07) is 9.92. The fourth-order valence-electron chi connectivity index (χ4n) is 6.95. The number of nitrogens with zero attached hydrogens (tertiary/aromatic N) is 1. The van der Waals surface area contributed by atoms with Crippen molar-refractivity contribution in [3.63, 3.8) is 0 Å². The number of hydrogen-bond donors (Lipinski definition) is 6. The van der Waals surface area contributed by atoms with Crippen LogP contribution in [0.15, 0.2) is 59.1 Å². The molecule has 0 unspecified atom stereocenters. The molecule has 1 amide bonds. The monoisotopic (exact) mass is 635 g/mol. The van der Waals surface area contributed by atoms with Crippen LogP contribution in [0.1, 0.15) is 34.8 Å². The summed E-state index contributed by atoms with van der Waals surface area (Å²) in [5.41, 5.74) is 2.58. The molecular formula is C33H37N3O8S. The Morgan fingerprint density at radius 3 is 2.40 bits per heavy atom. The average Bonchev–Trinajstić information content (AvgIpc) is 2.99. The van der Waals surface area contributed by atoms with Crippen LogP contribution in [-0.4, -0.2) is 88.7 Å². The van der Waals surface area contributed by atoms with Crippen molar-refractivity contribution in [1.29, 1.82) is 0 Å². The van der Waals surface area contributed by atoms with Crippen molar-refractivity contribution >= 4 is 36.1 Å². The summed E-state index contributed by atoms with van der Waals surface area (Å²) in [7, 11) is 4.71. The molecular weight excluding hydrogens is 598 g/mol. The van der Waals surface area contributed by atoms with E-state index in [0.717, 1.165) is 16.7 Å². The summed E-state index contributed by atoms with van der Waals surface area (Å²) in [5.74, 6) is -5.20. The van der Waals surface area contributed by atoms with Gasteiger partial charge >= 0.3 is 5.97 Å². The molecule has 0 aromatic heterocycles. The van der Waals surface area contributed by atoms with E-state index in [0.29, 0.717) is 18.7 Å². The molecule has 45 heavy (non-hydrogen) atoms. The predicted octanol–water partition coefficient (Wildman–Crippen LogP) is 2.64. The van der Waals surface area contributed by atoms with E-state index in [-0.39, 0.29) is 42.2 Å². The van der Waals surface area contributed by atoms with Crippen LogP contribution in [-0.2, 0) is 32.1 Å². The molecule has 4 atom stereocenters. The molecule has 0 heterocycles. The summed E-state index contributed by atoms with van der Waals surface area (Å²) in [5, 5.41) is 39.2. The quantitative estimate of drug-likeness (QED) is 0.144. The van der Waals surface area contributed by atoms with Gasteiger partial charge in [-0.05, 0) is 68.1 Å². The van der Waals surface area contributed by atoms with Crippen molar-refractivity contribution in [1.82, 2.24) is 15.5 Å². The van der Waals surface area contributed by atoms with Gasteiger partial charge in [-0.1, -0.05) is 30.3 Å². The molecule has 12 heteroatoms. The van der Waals surface area contributed by atoms with Crippen LogP contribution >= 0.6 is 12.6 Å². The number of fused-ring (bicyclic) bond motifs is 3. The maximum atomic E-state index is 14.1. The summed E-state index contributed by atoms with van der Waals surface area (Å²) in [4.78, 5) is 53.9. The predicted molar refractivity (Wildman–Crippen MR) is 169 cm³/mol. The van der Waals surface area contributed by atoms with Crippen molar-refractivity contribution in [2.75, 3.05) is 34.3 Å². The van der Waals surface area contributed by atoms with Crippen LogP contribution in [0, 0.1) is 11.8 Å². The van der Waals surface area contributed by atoms with E-state index in [4.69, 9.17) is 4.74 Å². The first kappa shape index (κ1) is 32.3. The zero-order valence-corrected chi connectivity index (χ0v) is 26.4. The van der Waals surface area contributed by atoms with Gasteiger partial charge in [-0.25, -0.2) is 0 Å². The fourth-order valence-corrected chi connectivity index (χ4v) is 7.43. The van der Waals surface area contributed by atoms with Crippen molar-refractivity contribution in [3.8, 4) is 16.9 Å². The number of aliphatic hydroxyl groups is 2. The maximum Gasteiger partial charge on any atom is 0.319 e. The number of phenolic OH excluding ortho intramolecular Hbond substituents is 1. The Bertz CT molecular complexity index is 1650. The number of aromatic hydroxyl groups is 1. The molecule has 2 aromatic carbocycles. The molecule has 5 rings (SSSR count). The van der Waals surface area contributed by atoms with E-state index >= 15 is 0 Å². The third-order valence-electron chi connectivity index (χ3n) is 8.98. The summed E-state index contributed by atoms with van der Waals surface area (Å²) in [6.45, 7) is 2.60. The highest BCUT2D eigenvalue weighted by Crippen LogP contribution is 2.55. The third-order valence-corrected chi connectivity index (χ3v) is 9.73. The molecule has 0 bridgehead atoms. The number of phenols is 1. The normalized spacial score (nSPS) is 24.3. The van der Waals surface area contributed by atoms with Gasteiger partial charge in [0.1, 0.15) is 27.6 Å². The van der Waals surface area contributed by atoms with Crippen LogP contribution in [0.2, 0.25) is 0 Å². The van der Waals surface area contributed by atoms with Gasteiger partial charge in [0.15, 0.2) is 11.6 Å². The number of ketones is 2. The van der Waals surface area contributed by atoms with Crippen LogP contribution in [0.5, 0.6) is 5.75 Å². The van der Waals surface area contributed by atoms with E-state index in [2.05, 4.69) is 23.3 Å². The van der Waals surface area contributed by atoms with E-state index in [1.54, 1.807) is 32.0 Å². The number of nitrogens with one attached hydrogen (secondary N) is 2. The molecule has 0 fully saturated rings. The number of ether oxygens (including phenoxy) is 1. The Balaban J connectivity index is 1.53. The lowest BCUT2D eigenvalue weighted by Gasteiger charge is -2.50. The maximum absolute atomic E-state index is 14.1. The van der Waals surface area contributed by atoms with Crippen molar-refractivity contribution in [2.24, 2.45) is 11.8 Å². The second-order valence-corrected chi connectivity index (χ2v) is 12.5.